The summed E-state index contributed by atoms with van der Waals surface area (Å²) in [6.07, 6.45) is 6.13. The van der Waals surface area contributed by atoms with Crippen LogP contribution in [0, 0.1) is 0 Å². The monoisotopic (exact) mass is 328 g/mol. The van der Waals surface area contributed by atoms with Crippen LogP contribution in [0.1, 0.15) is 44.1 Å². The van der Waals surface area contributed by atoms with Gasteiger partial charge in [0.1, 0.15) is 0 Å². The molecule has 5 nitrogen and oxygen atoms in total. The summed E-state index contributed by atoms with van der Waals surface area (Å²) in [5.41, 5.74) is 1.67. The first-order valence-electron chi connectivity index (χ1n) is 9.01. The summed E-state index contributed by atoms with van der Waals surface area (Å²) < 4.78 is 0. The van der Waals surface area contributed by atoms with Gasteiger partial charge in [0.05, 0.1) is 0 Å². The maximum absolute atomic E-state index is 11.6. The molecule has 2 fully saturated rings. The molecule has 2 aliphatic rings. The zero-order valence-electron chi connectivity index (χ0n) is 14.5. The van der Waals surface area contributed by atoms with Crippen molar-refractivity contribution >= 4 is 11.9 Å². The molecule has 0 aliphatic heterocycles. The van der Waals surface area contributed by atoms with Crippen LogP contribution in [-0.2, 0) is 10.2 Å². The summed E-state index contributed by atoms with van der Waals surface area (Å²) in [5.74, 6) is 0.989. The van der Waals surface area contributed by atoms with E-state index < -0.39 is 0 Å². The highest BCUT2D eigenvalue weighted by molar-refractivity contribution is 5.80. The van der Waals surface area contributed by atoms with Crippen molar-refractivity contribution in [3.8, 4) is 0 Å². The Morgan fingerprint density at radius 2 is 1.96 bits per heavy atom. The lowest BCUT2D eigenvalue weighted by Crippen LogP contribution is -2.41. The number of hydrogen-bond acceptors (Lipinski definition) is 2. The second-order valence-corrected chi connectivity index (χ2v) is 6.94. The minimum absolute atomic E-state index is 0.170. The first kappa shape index (κ1) is 16.8. The van der Waals surface area contributed by atoms with Gasteiger partial charge in [0.15, 0.2) is 5.96 Å². The standard InChI is InChI=1S/C19H28N4O/c1-20-18(21-13-5-8-17(24)23-16-9-10-16)22-14-19(11-12-19)15-6-3-2-4-7-15/h2-4,6-7,16H,5,8-14H2,1H3,(H,23,24)(H2,20,21,22). The van der Waals surface area contributed by atoms with Crippen molar-refractivity contribution in [2.24, 2.45) is 4.99 Å². The lowest BCUT2D eigenvalue weighted by atomic mass is 9.96. The predicted molar refractivity (Wildman–Crippen MR) is 97.1 cm³/mol. The number of hydrogen-bond donors (Lipinski definition) is 3. The third kappa shape index (κ3) is 4.73. The zero-order chi connectivity index (χ0) is 16.8. The van der Waals surface area contributed by atoms with E-state index in [2.05, 4.69) is 51.3 Å². The van der Waals surface area contributed by atoms with Crippen molar-refractivity contribution < 1.29 is 4.79 Å². The molecular weight excluding hydrogens is 300 g/mol. The number of rotatable bonds is 8. The Balaban J connectivity index is 1.35. The Morgan fingerprint density at radius 1 is 1.21 bits per heavy atom. The van der Waals surface area contributed by atoms with Gasteiger partial charge in [-0.3, -0.25) is 9.79 Å². The number of amides is 1. The van der Waals surface area contributed by atoms with Crippen molar-refractivity contribution in [3.63, 3.8) is 0 Å². The van der Waals surface area contributed by atoms with E-state index in [9.17, 15) is 4.79 Å². The summed E-state index contributed by atoms with van der Waals surface area (Å²) in [5, 5.41) is 9.76. The van der Waals surface area contributed by atoms with Crippen LogP contribution in [0.2, 0.25) is 0 Å². The minimum Gasteiger partial charge on any atom is -0.356 e. The van der Waals surface area contributed by atoms with Crippen LogP contribution >= 0.6 is 0 Å². The van der Waals surface area contributed by atoms with Gasteiger partial charge in [-0.05, 0) is 37.7 Å². The van der Waals surface area contributed by atoms with Gasteiger partial charge in [0, 0.05) is 38.0 Å². The molecule has 0 unspecified atom stereocenters. The molecule has 0 radical (unpaired) electrons. The summed E-state index contributed by atoms with van der Waals surface area (Å²) in [7, 11) is 1.79. The van der Waals surface area contributed by atoms with Gasteiger partial charge < -0.3 is 16.0 Å². The van der Waals surface area contributed by atoms with E-state index in [-0.39, 0.29) is 11.3 Å². The average molecular weight is 328 g/mol. The van der Waals surface area contributed by atoms with E-state index in [1.807, 2.05) is 0 Å². The number of carbonyl (C=O) groups is 1. The highest BCUT2D eigenvalue weighted by atomic mass is 16.1. The predicted octanol–water partition coefficient (Wildman–Crippen LogP) is 1.94. The van der Waals surface area contributed by atoms with Gasteiger partial charge in [-0.1, -0.05) is 30.3 Å². The molecule has 0 atom stereocenters. The topological polar surface area (TPSA) is 65.5 Å². The van der Waals surface area contributed by atoms with Gasteiger partial charge in [-0.25, -0.2) is 0 Å². The Hall–Kier alpha value is -2.04. The summed E-state index contributed by atoms with van der Waals surface area (Å²) in [6.45, 7) is 1.66. The average Bonchev–Trinajstić information content (AvgIpc) is 3.51. The van der Waals surface area contributed by atoms with Crippen LogP contribution in [0.25, 0.3) is 0 Å². The lowest BCUT2D eigenvalue weighted by molar-refractivity contribution is -0.121. The van der Waals surface area contributed by atoms with Crippen LogP contribution in [0.4, 0.5) is 0 Å². The normalized spacial score (nSPS) is 18.8. The van der Waals surface area contributed by atoms with Crippen LogP contribution in [0.15, 0.2) is 35.3 Å². The fraction of sp³-hybridized carbons (Fsp3) is 0.579. The fourth-order valence-electron chi connectivity index (χ4n) is 2.97. The number of benzene rings is 1. The molecule has 0 spiro atoms. The number of nitrogens with zero attached hydrogens (tertiary/aromatic N) is 1. The Bertz CT molecular complexity index is 576. The molecule has 0 bridgehead atoms. The van der Waals surface area contributed by atoms with Crippen LogP contribution in [-0.4, -0.2) is 38.0 Å². The number of carbonyl (C=O) groups excluding carboxylic acids is 1. The molecule has 0 saturated heterocycles. The summed E-state index contributed by atoms with van der Waals surface area (Å²) in [6, 6.07) is 11.1. The van der Waals surface area contributed by atoms with Crippen LogP contribution in [0.3, 0.4) is 0 Å². The first-order chi connectivity index (χ1) is 11.7. The smallest absolute Gasteiger partial charge is 0.220 e. The van der Waals surface area contributed by atoms with E-state index in [1.54, 1.807) is 7.05 Å². The third-order valence-electron chi connectivity index (χ3n) is 4.87. The SMILES string of the molecule is CN=C(NCCCC(=O)NC1CC1)NCC1(c2ccccc2)CC1. The molecule has 1 amide bonds. The summed E-state index contributed by atoms with van der Waals surface area (Å²) >= 11 is 0. The highest BCUT2D eigenvalue weighted by Gasteiger charge is 2.43. The van der Waals surface area contributed by atoms with Gasteiger partial charge in [0.25, 0.3) is 0 Å². The summed E-state index contributed by atoms with van der Waals surface area (Å²) in [4.78, 5) is 15.9. The lowest BCUT2D eigenvalue weighted by Gasteiger charge is -2.19. The van der Waals surface area contributed by atoms with E-state index in [0.29, 0.717) is 12.5 Å². The molecule has 24 heavy (non-hydrogen) atoms. The van der Waals surface area contributed by atoms with Crippen LogP contribution in [0.5, 0.6) is 0 Å². The molecule has 0 aromatic heterocycles. The van der Waals surface area contributed by atoms with Gasteiger partial charge in [-0.15, -0.1) is 0 Å². The maximum Gasteiger partial charge on any atom is 0.220 e. The van der Waals surface area contributed by atoms with Gasteiger partial charge >= 0.3 is 0 Å². The first-order valence-corrected chi connectivity index (χ1v) is 9.01. The quantitative estimate of drug-likeness (QED) is 0.388. The van der Waals surface area contributed by atoms with E-state index >= 15 is 0 Å². The second kappa shape index (κ2) is 7.69. The minimum atomic E-state index is 0.170. The Kier molecular flexibility index (Phi) is 5.38. The largest absolute Gasteiger partial charge is 0.356 e. The molecule has 5 heteroatoms. The molecule has 2 saturated carbocycles. The number of guanidine groups is 1. The molecule has 1 aromatic rings. The molecule has 3 N–H and O–H groups in total. The zero-order valence-corrected chi connectivity index (χ0v) is 14.5. The molecular formula is C19H28N4O. The second-order valence-electron chi connectivity index (χ2n) is 6.94. The van der Waals surface area contributed by atoms with Crippen LogP contribution < -0.4 is 16.0 Å². The van der Waals surface area contributed by atoms with E-state index in [0.717, 1.165) is 38.3 Å². The molecule has 3 rings (SSSR count). The maximum atomic E-state index is 11.6. The van der Waals surface area contributed by atoms with Crippen molar-refractivity contribution in [2.75, 3.05) is 20.1 Å². The highest BCUT2D eigenvalue weighted by Crippen LogP contribution is 2.47. The van der Waals surface area contributed by atoms with E-state index in [1.165, 1.54) is 18.4 Å². The number of aliphatic imine (C=N–C) groups is 1. The van der Waals surface area contributed by atoms with E-state index in [4.69, 9.17) is 0 Å². The van der Waals surface area contributed by atoms with Crippen molar-refractivity contribution in [1.29, 1.82) is 0 Å². The van der Waals surface area contributed by atoms with Crippen molar-refractivity contribution in [3.05, 3.63) is 35.9 Å². The molecule has 0 heterocycles. The molecule has 1 aromatic carbocycles. The fourth-order valence-corrected chi connectivity index (χ4v) is 2.97. The van der Waals surface area contributed by atoms with Crippen molar-refractivity contribution in [2.45, 2.75) is 50.0 Å². The third-order valence-corrected chi connectivity index (χ3v) is 4.87. The Morgan fingerprint density at radius 3 is 2.58 bits per heavy atom. The molecule has 2 aliphatic carbocycles. The number of nitrogens with one attached hydrogen (secondary N) is 3. The van der Waals surface area contributed by atoms with Gasteiger partial charge in [-0.2, -0.15) is 0 Å². The molecule has 130 valence electrons. The Labute approximate surface area is 144 Å². The van der Waals surface area contributed by atoms with Gasteiger partial charge in [0.2, 0.25) is 5.91 Å². The van der Waals surface area contributed by atoms with Crippen molar-refractivity contribution in [1.82, 2.24) is 16.0 Å².